The van der Waals surface area contributed by atoms with Crippen molar-refractivity contribution in [1.82, 2.24) is 14.8 Å². The Labute approximate surface area is 176 Å². The van der Waals surface area contributed by atoms with Crippen LogP contribution in [0.5, 0.6) is 0 Å². The number of aromatic nitrogens is 1. The maximum Gasteiger partial charge on any atom is 0.257 e. The number of ether oxygens (including phenoxy) is 1. The number of carbonyl (C=O) groups is 1. The van der Waals surface area contributed by atoms with Crippen molar-refractivity contribution in [3.05, 3.63) is 45.9 Å². The molecule has 1 aromatic heterocycles. The van der Waals surface area contributed by atoms with E-state index in [0.29, 0.717) is 52.4 Å². The second kappa shape index (κ2) is 10.6. The fourth-order valence-corrected chi connectivity index (χ4v) is 2.94. The van der Waals surface area contributed by atoms with Crippen LogP contribution in [0.2, 0.25) is 10.0 Å². The van der Waals surface area contributed by atoms with E-state index in [1.165, 1.54) is 0 Å². The summed E-state index contributed by atoms with van der Waals surface area (Å²) in [7, 11) is 7.35. The molecule has 0 aliphatic rings. The van der Waals surface area contributed by atoms with Crippen molar-refractivity contribution < 1.29 is 9.53 Å². The summed E-state index contributed by atoms with van der Waals surface area (Å²) >= 11 is 12.5. The maximum absolute atomic E-state index is 12.9. The SMILES string of the molecule is COCCNc1nc(-c2cccc(Cl)c2Cl)ccc1C(=O)N(C)CCN(C)C. The van der Waals surface area contributed by atoms with Crippen LogP contribution < -0.4 is 5.32 Å². The topological polar surface area (TPSA) is 57.7 Å². The monoisotopic (exact) mass is 424 g/mol. The van der Waals surface area contributed by atoms with Crippen LogP contribution in [0.4, 0.5) is 5.82 Å². The Morgan fingerprint density at radius 1 is 1.14 bits per heavy atom. The number of likely N-dealkylation sites (N-methyl/N-ethyl adjacent to an activating group) is 2. The zero-order valence-electron chi connectivity index (χ0n) is 16.6. The van der Waals surface area contributed by atoms with Gasteiger partial charge in [-0.1, -0.05) is 35.3 Å². The van der Waals surface area contributed by atoms with Crippen LogP contribution in [0.25, 0.3) is 11.3 Å². The van der Waals surface area contributed by atoms with E-state index in [2.05, 4.69) is 10.3 Å². The molecule has 0 spiro atoms. The number of amides is 1. The minimum atomic E-state index is -0.0991. The lowest BCUT2D eigenvalue weighted by atomic mass is 10.1. The summed E-state index contributed by atoms with van der Waals surface area (Å²) in [5.41, 5.74) is 1.85. The summed E-state index contributed by atoms with van der Waals surface area (Å²) in [4.78, 5) is 21.3. The maximum atomic E-state index is 12.9. The molecule has 0 bridgehead atoms. The quantitative estimate of drug-likeness (QED) is 0.621. The smallest absolute Gasteiger partial charge is 0.257 e. The number of benzene rings is 1. The Hall–Kier alpha value is -1.86. The molecule has 2 rings (SSSR count). The van der Waals surface area contributed by atoms with Crippen LogP contribution >= 0.6 is 23.2 Å². The van der Waals surface area contributed by atoms with Gasteiger partial charge in [0.2, 0.25) is 0 Å². The number of anilines is 1. The van der Waals surface area contributed by atoms with Crippen molar-refractivity contribution in [3.63, 3.8) is 0 Å². The summed E-state index contributed by atoms with van der Waals surface area (Å²) < 4.78 is 5.10. The van der Waals surface area contributed by atoms with Gasteiger partial charge in [-0.3, -0.25) is 4.79 Å². The summed E-state index contributed by atoms with van der Waals surface area (Å²) in [6.07, 6.45) is 0. The number of nitrogens with zero attached hydrogens (tertiary/aromatic N) is 3. The van der Waals surface area contributed by atoms with Gasteiger partial charge in [-0.15, -0.1) is 0 Å². The highest BCUT2D eigenvalue weighted by Gasteiger charge is 2.19. The fraction of sp³-hybridized carbons (Fsp3) is 0.400. The number of pyridine rings is 1. The van der Waals surface area contributed by atoms with Crippen LogP contribution in [0.15, 0.2) is 30.3 Å². The molecular formula is C20H26Cl2N4O2. The van der Waals surface area contributed by atoms with Gasteiger partial charge in [-0.05, 0) is 32.3 Å². The van der Waals surface area contributed by atoms with E-state index >= 15 is 0 Å². The van der Waals surface area contributed by atoms with Crippen molar-refractivity contribution >= 4 is 34.9 Å². The molecule has 0 fully saturated rings. The van der Waals surface area contributed by atoms with E-state index in [-0.39, 0.29) is 5.91 Å². The average molecular weight is 425 g/mol. The predicted molar refractivity (Wildman–Crippen MR) is 116 cm³/mol. The summed E-state index contributed by atoms with van der Waals surface area (Å²) in [6, 6.07) is 8.94. The molecule has 0 radical (unpaired) electrons. The van der Waals surface area contributed by atoms with Crippen LogP contribution in [-0.2, 0) is 4.74 Å². The van der Waals surface area contributed by atoms with Crippen molar-refractivity contribution in [2.75, 3.05) is 59.8 Å². The molecule has 8 heteroatoms. The van der Waals surface area contributed by atoms with Crippen LogP contribution in [0.1, 0.15) is 10.4 Å². The number of nitrogens with one attached hydrogen (secondary N) is 1. The summed E-state index contributed by atoms with van der Waals surface area (Å²) in [5.74, 6) is 0.394. The third kappa shape index (κ3) is 5.82. The fourth-order valence-electron chi connectivity index (χ4n) is 2.55. The van der Waals surface area contributed by atoms with Gasteiger partial charge in [0.05, 0.1) is 27.9 Å². The Balaban J connectivity index is 2.36. The highest BCUT2D eigenvalue weighted by atomic mass is 35.5. The lowest BCUT2D eigenvalue weighted by Crippen LogP contribution is -2.34. The molecule has 2 aromatic rings. The normalized spacial score (nSPS) is 11.0. The summed E-state index contributed by atoms with van der Waals surface area (Å²) in [6.45, 7) is 2.41. The van der Waals surface area contributed by atoms with Crippen molar-refractivity contribution in [1.29, 1.82) is 0 Å². The molecule has 28 heavy (non-hydrogen) atoms. The van der Waals surface area contributed by atoms with E-state index in [0.717, 1.165) is 6.54 Å². The molecule has 0 aliphatic heterocycles. The number of carbonyl (C=O) groups excluding carboxylic acids is 1. The van der Waals surface area contributed by atoms with Gasteiger partial charge >= 0.3 is 0 Å². The Kier molecular flexibility index (Phi) is 8.51. The van der Waals surface area contributed by atoms with Gasteiger partial charge in [0.15, 0.2) is 0 Å². The highest BCUT2D eigenvalue weighted by Crippen LogP contribution is 2.33. The van der Waals surface area contributed by atoms with E-state index in [4.69, 9.17) is 27.9 Å². The number of hydrogen-bond donors (Lipinski definition) is 1. The first-order valence-electron chi connectivity index (χ1n) is 8.93. The third-order valence-corrected chi connectivity index (χ3v) is 5.00. The number of halogens is 2. The molecule has 0 atom stereocenters. The lowest BCUT2D eigenvalue weighted by molar-refractivity contribution is 0.0787. The molecule has 1 N–H and O–H groups in total. The Morgan fingerprint density at radius 2 is 1.89 bits per heavy atom. The second-order valence-electron chi connectivity index (χ2n) is 6.64. The molecule has 1 aromatic carbocycles. The Morgan fingerprint density at radius 3 is 2.57 bits per heavy atom. The molecule has 0 aliphatic carbocycles. The largest absolute Gasteiger partial charge is 0.383 e. The minimum absolute atomic E-state index is 0.0991. The zero-order chi connectivity index (χ0) is 20.7. The van der Waals surface area contributed by atoms with E-state index in [1.54, 1.807) is 37.3 Å². The summed E-state index contributed by atoms with van der Waals surface area (Å²) in [5, 5.41) is 4.08. The molecule has 0 unspecified atom stereocenters. The van der Waals surface area contributed by atoms with E-state index in [1.807, 2.05) is 31.1 Å². The van der Waals surface area contributed by atoms with Gasteiger partial charge in [0.1, 0.15) is 5.82 Å². The van der Waals surface area contributed by atoms with Crippen LogP contribution in [-0.4, -0.2) is 75.2 Å². The Bertz CT molecular complexity index is 815. The first-order valence-corrected chi connectivity index (χ1v) is 9.69. The third-order valence-electron chi connectivity index (χ3n) is 4.18. The molecule has 6 nitrogen and oxygen atoms in total. The first kappa shape index (κ1) is 22.4. The minimum Gasteiger partial charge on any atom is -0.383 e. The van der Waals surface area contributed by atoms with Gasteiger partial charge in [0.25, 0.3) is 5.91 Å². The molecule has 1 heterocycles. The molecule has 1 amide bonds. The van der Waals surface area contributed by atoms with E-state index < -0.39 is 0 Å². The van der Waals surface area contributed by atoms with Crippen molar-refractivity contribution in [2.45, 2.75) is 0 Å². The van der Waals surface area contributed by atoms with Crippen molar-refractivity contribution in [3.8, 4) is 11.3 Å². The van der Waals surface area contributed by atoms with Gasteiger partial charge in [0, 0.05) is 39.4 Å². The number of hydrogen-bond acceptors (Lipinski definition) is 5. The second-order valence-corrected chi connectivity index (χ2v) is 7.43. The molecular weight excluding hydrogens is 399 g/mol. The molecule has 0 saturated heterocycles. The molecule has 152 valence electrons. The van der Waals surface area contributed by atoms with Gasteiger partial charge in [-0.2, -0.15) is 0 Å². The van der Waals surface area contributed by atoms with Crippen LogP contribution in [0, 0.1) is 0 Å². The number of rotatable bonds is 9. The van der Waals surface area contributed by atoms with Crippen molar-refractivity contribution in [2.24, 2.45) is 0 Å². The lowest BCUT2D eigenvalue weighted by Gasteiger charge is -2.21. The number of methoxy groups -OCH3 is 1. The first-order chi connectivity index (χ1) is 13.3. The van der Waals surface area contributed by atoms with Gasteiger partial charge < -0.3 is 19.9 Å². The predicted octanol–water partition coefficient (Wildman–Crippen LogP) is 3.75. The van der Waals surface area contributed by atoms with Crippen LogP contribution in [0.3, 0.4) is 0 Å². The van der Waals surface area contributed by atoms with Gasteiger partial charge in [-0.25, -0.2) is 4.98 Å². The zero-order valence-corrected chi connectivity index (χ0v) is 18.1. The molecule has 0 saturated carbocycles. The average Bonchev–Trinajstić information content (AvgIpc) is 2.67. The standard InChI is InChI=1S/C20H26Cl2N4O2/c1-25(2)11-12-26(3)20(27)15-8-9-17(24-19(15)23-10-13-28-4)14-6-5-7-16(21)18(14)22/h5-9H,10-13H2,1-4H3,(H,23,24). The highest BCUT2D eigenvalue weighted by molar-refractivity contribution is 6.43. The van der Waals surface area contributed by atoms with E-state index in [9.17, 15) is 4.79 Å².